The van der Waals surface area contributed by atoms with E-state index in [0.29, 0.717) is 17.5 Å². The second-order valence-corrected chi connectivity index (χ2v) is 5.76. The fraction of sp³-hybridized carbons (Fsp3) is 0.158. The molecule has 0 spiro atoms. The standard InChI is InChI=1S/C19H15NO3/c1-23-13-7-5-11(6-8-13)9-15-14-4-2-3-12(14)10-16-17(15)19(22)20-18(16)21/h2-3,5-8,10H,4,9H2,1H3,(H,20,21,22). The Morgan fingerprint density at radius 2 is 1.91 bits per heavy atom. The van der Waals surface area contributed by atoms with Gasteiger partial charge < -0.3 is 4.74 Å². The maximum absolute atomic E-state index is 12.2. The number of methoxy groups -OCH3 is 1. The van der Waals surface area contributed by atoms with Crippen molar-refractivity contribution in [1.82, 2.24) is 5.32 Å². The number of fused-ring (bicyclic) bond motifs is 2. The van der Waals surface area contributed by atoms with Crippen LogP contribution in [-0.2, 0) is 12.8 Å². The number of amides is 2. The fourth-order valence-corrected chi connectivity index (χ4v) is 3.31. The minimum Gasteiger partial charge on any atom is -0.497 e. The third-order valence-corrected chi connectivity index (χ3v) is 4.44. The van der Waals surface area contributed by atoms with Crippen LogP contribution in [0.15, 0.2) is 36.4 Å². The van der Waals surface area contributed by atoms with Gasteiger partial charge in [-0.2, -0.15) is 0 Å². The summed E-state index contributed by atoms with van der Waals surface area (Å²) in [6.45, 7) is 0. The van der Waals surface area contributed by atoms with Crippen molar-refractivity contribution >= 4 is 17.9 Å². The molecule has 0 aromatic heterocycles. The van der Waals surface area contributed by atoms with Crippen LogP contribution in [0.25, 0.3) is 6.08 Å². The van der Waals surface area contributed by atoms with Crippen LogP contribution in [0.2, 0.25) is 0 Å². The third-order valence-electron chi connectivity index (χ3n) is 4.44. The van der Waals surface area contributed by atoms with Crippen molar-refractivity contribution in [3.63, 3.8) is 0 Å². The van der Waals surface area contributed by atoms with Crippen LogP contribution in [0.1, 0.15) is 43.0 Å². The topological polar surface area (TPSA) is 55.4 Å². The van der Waals surface area contributed by atoms with E-state index in [-0.39, 0.29) is 11.8 Å². The average molecular weight is 305 g/mol. The Morgan fingerprint density at radius 3 is 2.65 bits per heavy atom. The van der Waals surface area contributed by atoms with Gasteiger partial charge in [-0.1, -0.05) is 24.3 Å². The van der Waals surface area contributed by atoms with E-state index in [4.69, 9.17) is 4.74 Å². The molecule has 2 aromatic rings. The maximum atomic E-state index is 12.2. The average Bonchev–Trinajstić information content (AvgIpc) is 3.13. The molecule has 23 heavy (non-hydrogen) atoms. The Balaban J connectivity index is 1.83. The molecule has 0 radical (unpaired) electrons. The Kier molecular flexibility index (Phi) is 3.05. The molecule has 1 aliphatic heterocycles. The van der Waals surface area contributed by atoms with Gasteiger partial charge in [0.25, 0.3) is 11.8 Å². The summed E-state index contributed by atoms with van der Waals surface area (Å²) in [5.41, 5.74) is 5.25. The van der Waals surface area contributed by atoms with Gasteiger partial charge in [-0.05, 0) is 53.3 Å². The first-order chi connectivity index (χ1) is 11.2. The second kappa shape index (κ2) is 5.09. The summed E-state index contributed by atoms with van der Waals surface area (Å²) in [6, 6.07) is 9.61. The van der Waals surface area contributed by atoms with Crippen LogP contribution < -0.4 is 10.1 Å². The van der Waals surface area contributed by atoms with E-state index in [1.807, 2.05) is 36.4 Å². The molecule has 1 N–H and O–H groups in total. The van der Waals surface area contributed by atoms with Crippen molar-refractivity contribution in [3.8, 4) is 5.75 Å². The van der Waals surface area contributed by atoms with E-state index >= 15 is 0 Å². The molecule has 4 rings (SSSR count). The molecule has 0 bridgehead atoms. The molecule has 0 atom stereocenters. The molecule has 4 nitrogen and oxygen atoms in total. The predicted octanol–water partition coefficient (Wildman–Crippen LogP) is 2.74. The number of carbonyl (C=O) groups excluding carboxylic acids is 2. The lowest BCUT2D eigenvalue weighted by molar-refractivity contribution is 0.0879. The monoisotopic (exact) mass is 305 g/mol. The summed E-state index contributed by atoms with van der Waals surface area (Å²) in [7, 11) is 1.63. The van der Waals surface area contributed by atoms with Crippen LogP contribution in [-0.4, -0.2) is 18.9 Å². The van der Waals surface area contributed by atoms with Crippen LogP contribution in [0.3, 0.4) is 0 Å². The number of hydrogen-bond donors (Lipinski definition) is 1. The Morgan fingerprint density at radius 1 is 1.13 bits per heavy atom. The third kappa shape index (κ3) is 2.14. The zero-order valence-corrected chi connectivity index (χ0v) is 12.7. The van der Waals surface area contributed by atoms with Gasteiger partial charge in [0, 0.05) is 0 Å². The number of benzene rings is 2. The first-order valence-electron chi connectivity index (χ1n) is 7.51. The fourth-order valence-electron chi connectivity index (χ4n) is 3.31. The minimum atomic E-state index is -0.302. The van der Waals surface area contributed by atoms with Crippen LogP contribution >= 0.6 is 0 Å². The van der Waals surface area contributed by atoms with Crippen LogP contribution in [0, 0.1) is 0 Å². The molecule has 2 aliphatic rings. The van der Waals surface area contributed by atoms with Gasteiger partial charge in [0.05, 0.1) is 18.2 Å². The van der Waals surface area contributed by atoms with Crippen molar-refractivity contribution in [3.05, 3.63) is 69.8 Å². The summed E-state index contributed by atoms with van der Waals surface area (Å²) < 4.78 is 5.18. The van der Waals surface area contributed by atoms with E-state index in [9.17, 15) is 9.59 Å². The molecule has 114 valence electrons. The van der Waals surface area contributed by atoms with E-state index in [0.717, 1.165) is 34.4 Å². The number of rotatable bonds is 3. The molecule has 0 unspecified atom stereocenters. The molecule has 2 aromatic carbocycles. The first-order valence-corrected chi connectivity index (χ1v) is 7.51. The van der Waals surface area contributed by atoms with E-state index in [1.165, 1.54) is 0 Å². The molecular weight excluding hydrogens is 290 g/mol. The van der Waals surface area contributed by atoms with E-state index in [1.54, 1.807) is 7.11 Å². The zero-order valence-electron chi connectivity index (χ0n) is 12.7. The van der Waals surface area contributed by atoms with Gasteiger partial charge in [0.1, 0.15) is 5.75 Å². The van der Waals surface area contributed by atoms with Gasteiger partial charge in [-0.25, -0.2) is 0 Å². The summed E-state index contributed by atoms with van der Waals surface area (Å²) in [6.07, 6.45) is 5.51. The highest BCUT2D eigenvalue weighted by Gasteiger charge is 2.32. The highest BCUT2D eigenvalue weighted by molar-refractivity contribution is 6.22. The molecule has 1 aliphatic carbocycles. The zero-order chi connectivity index (χ0) is 16.0. The van der Waals surface area contributed by atoms with Crippen molar-refractivity contribution < 1.29 is 14.3 Å². The van der Waals surface area contributed by atoms with Crippen molar-refractivity contribution in [2.45, 2.75) is 12.8 Å². The number of imide groups is 1. The van der Waals surface area contributed by atoms with Gasteiger partial charge >= 0.3 is 0 Å². The molecule has 0 saturated carbocycles. The highest BCUT2D eigenvalue weighted by atomic mass is 16.5. The predicted molar refractivity (Wildman–Crippen MR) is 86.8 cm³/mol. The van der Waals surface area contributed by atoms with E-state index in [2.05, 4.69) is 11.4 Å². The van der Waals surface area contributed by atoms with Gasteiger partial charge in [-0.3, -0.25) is 14.9 Å². The molecule has 1 heterocycles. The summed E-state index contributed by atoms with van der Waals surface area (Å²) in [4.78, 5) is 24.2. The Labute approximate surface area is 133 Å². The molecule has 4 heteroatoms. The number of allylic oxidation sites excluding steroid dienone is 1. The lowest BCUT2D eigenvalue weighted by atomic mass is 9.89. The number of carbonyl (C=O) groups is 2. The van der Waals surface area contributed by atoms with Gasteiger partial charge in [0.2, 0.25) is 0 Å². The lowest BCUT2D eigenvalue weighted by Gasteiger charge is -2.13. The van der Waals surface area contributed by atoms with Crippen molar-refractivity contribution in [2.24, 2.45) is 0 Å². The maximum Gasteiger partial charge on any atom is 0.259 e. The Bertz CT molecular complexity index is 863. The number of hydrogen-bond acceptors (Lipinski definition) is 3. The van der Waals surface area contributed by atoms with Crippen molar-refractivity contribution in [1.29, 1.82) is 0 Å². The molecule has 2 amide bonds. The van der Waals surface area contributed by atoms with Gasteiger partial charge in [0.15, 0.2) is 0 Å². The van der Waals surface area contributed by atoms with Crippen LogP contribution in [0.5, 0.6) is 5.75 Å². The Hall–Kier alpha value is -2.88. The molecule has 0 saturated heterocycles. The second-order valence-electron chi connectivity index (χ2n) is 5.76. The largest absolute Gasteiger partial charge is 0.497 e. The number of ether oxygens (including phenoxy) is 1. The normalized spacial score (nSPS) is 14.7. The molecule has 0 fully saturated rings. The minimum absolute atomic E-state index is 0.289. The summed E-state index contributed by atoms with van der Waals surface area (Å²) >= 11 is 0. The lowest BCUT2D eigenvalue weighted by Crippen LogP contribution is -2.20. The first kappa shape index (κ1) is 13.8. The SMILES string of the molecule is COc1ccc(Cc2c3c(cc4c2C(=O)NC4=O)C=CC3)cc1. The van der Waals surface area contributed by atoms with Crippen molar-refractivity contribution in [2.75, 3.05) is 7.11 Å². The summed E-state index contributed by atoms with van der Waals surface area (Å²) in [5, 5.41) is 2.41. The summed E-state index contributed by atoms with van der Waals surface area (Å²) in [5.74, 6) is 0.208. The number of nitrogens with one attached hydrogen (secondary N) is 1. The smallest absolute Gasteiger partial charge is 0.259 e. The highest BCUT2D eigenvalue weighted by Crippen LogP contribution is 2.33. The van der Waals surface area contributed by atoms with Gasteiger partial charge in [-0.15, -0.1) is 0 Å². The molecular formula is C19H15NO3. The van der Waals surface area contributed by atoms with E-state index < -0.39 is 0 Å². The van der Waals surface area contributed by atoms with Crippen LogP contribution in [0.4, 0.5) is 0 Å². The quantitative estimate of drug-likeness (QED) is 0.887.